The smallest absolute Gasteiger partial charge is 0.329 e. The Kier molecular flexibility index (Phi) is 11.4. The minimum Gasteiger partial charge on any atom is -0.462 e. The summed E-state index contributed by atoms with van der Waals surface area (Å²) in [6, 6.07) is 7.92. The standard InChI is InChI=1S/C23H34N3O7P/c1-6-12-26(23(29)24-15-27)21-17(4)13-20(32-21)14-30-34(33-19-10-8-7-9-11-19)25-18(5)22(28)31-16(2)3/h6-12,15-18,20-21,25H,13-14H2,1-5H3,(H,24,27,29)/b12-6-. The third-order valence-electron chi connectivity index (χ3n) is 4.77. The molecule has 1 heterocycles. The normalized spacial score (nSPS) is 21.8. The molecule has 10 nitrogen and oxygen atoms in total. The van der Waals surface area contributed by atoms with Gasteiger partial charge in [0.15, 0.2) is 0 Å². The van der Waals surface area contributed by atoms with Gasteiger partial charge in [0.25, 0.3) is 0 Å². The average molecular weight is 496 g/mol. The molecule has 1 aromatic carbocycles. The molecule has 0 bridgehead atoms. The number of hydrogen-bond acceptors (Lipinski definition) is 8. The number of imide groups is 1. The van der Waals surface area contributed by atoms with Gasteiger partial charge in [-0.3, -0.25) is 19.8 Å². The molecular weight excluding hydrogens is 461 g/mol. The third kappa shape index (κ3) is 8.68. The zero-order chi connectivity index (χ0) is 25.1. The Hall–Kier alpha value is -2.52. The lowest BCUT2D eigenvalue weighted by molar-refractivity contribution is -0.149. The number of carbonyl (C=O) groups is 3. The van der Waals surface area contributed by atoms with Crippen molar-refractivity contribution in [3.05, 3.63) is 42.6 Å². The summed E-state index contributed by atoms with van der Waals surface area (Å²) in [5.41, 5.74) is 0. The van der Waals surface area contributed by atoms with Gasteiger partial charge in [0.2, 0.25) is 6.41 Å². The Morgan fingerprint density at radius 2 is 1.97 bits per heavy atom. The molecule has 1 saturated heterocycles. The average Bonchev–Trinajstić information content (AvgIpc) is 3.16. The van der Waals surface area contributed by atoms with E-state index in [2.05, 4.69) is 10.4 Å². The lowest BCUT2D eigenvalue weighted by atomic mass is 10.1. The van der Waals surface area contributed by atoms with E-state index in [4.69, 9.17) is 18.5 Å². The van der Waals surface area contributed by atoms with Crippen LogP contribution in [0.5, 0.6) is 5.75 Å². The molecule has 0 saturated carbocycles. The summed E-state index contributed by atoms with van der Waals surface area (Å²) < 4.78 is 23.3. The van der Waals surface area contributed by atoms with E-state index in [1.807, 2.05) is 25.1 Å². The predicted octanol–water partition coefficient (Wildman–Crippen LogP) is 3.69. The third-order valence-corrected chi connectivity index (χ3v) is 6.13. The van der Waals surface area contributed by atoms with Crippen LogP contribution >= 0.6 is 8.53 Å². The van der Waals surface area contributed by atoms with Crippen molar-refractivity contribution in [2.24, 2.45) is 5.92 Å². The molecular formula is C23H34N3O7P. The highest BCUT2D eigenvalue weighted by atomic mass is 31.2. The number of amides is 3. The summed E-state index contributed by atoms with van der Waals surface area (Å²) in [6.07, 6.45) is 3.12. The van der Waals surface area contributed by atoms with Crippen molar-refractivity contribution in [2.45, 2.75) is 65.5 Å². The molecule has 11 heteroatoms. The highest BCUT2D eigenvalue weighted by Crippen LogP contribution is 2.38. The van der Waals surface area contributed by atoms with Crippen LogP contribution in [0.2, 0.25) is 0 Å². The predicted molar refractivity (Wildman–Crippen MR) is 127 cm³/mol. The van der Waals surface area contributed by atoms with E-state index in [1.54, 1.807) is 52.1 Å². The molecule has 0 aromatic heterocycles. The molecule has 0 aliphatic carbocycles. The highest BCUT2D eigenvalue weighted by Gasteiger charge is 2.38. The minimum atomic E-state index is -1.70. The second-order valence-corrected chi connectivity index (χ2v) is 9.33. The van der Waals surface area contributed by atoms with Gasteiger partial charge in [0.05, 0.1) is 18.8 Å². The number of urea groups is 1. The second-order valence-electron chi connectivity index (χ2n) is 8.11. The zero-order valence-corrected chi connectivity index (χ0v) is 21.1. The largest absolute Gasteiger partial charge is 0.462 e. The number of carbonyl (C=O) groups excluding carboxylic acids is 3. The first-order chi connectivity index (χ1) is 16.2. The van der Waals surface area contributed by atoms with Crippen LogP contribution < -0.4 is 14.9 Å². The lowest BCUT2D eigenvalue weighted by Crippen LogP contribution is -2.44. The van der Waals surface area contributed by atoms with E-state index in [1.165, 1.54) is 4.90 Å². The van der Waals surface area contributed by atoms with Crippen LogP contribution in [-0.2, 0) is 23.6 Å². The van der Waals surface area contributed by atoms with Gasteiger partial charge in [0, 0.05) is 12.1 Å². The van der Waals surface area contributed by atoms with Crippen LogP contribution in [0.3, 0.4) is 0 Å². The van der Waals surface area contributed by atoms with Gasteiger partial charge in [-0.2, -0.15) is 0 Å². The van der Waals surface area contributed by atoms with Gasteiger partial charge in [-0.05, 0) is 46.2 Å². The van der Waals surface area contributed by atoms with Crippen molar-refractivity contribution in [3.63, 3.8) is 0 Å². The summed E-state index contributed by atoms with van der Waals surface area (Å²) in [6.45, 7) is 9.16. The van der Waals surface area contributed by atoms with Crippen molar-refractivity contribution < 1.29 is 32.9 Å². The van der Waals surface area contributed by atoms with Crippen molar-refractivity contribution in [3.8, 4) is 5.75 Å². The number of esters is 1. The number of allylic oxidation sites excluding steroid dienone is 1. The Labute approximate surface area is 201 Å². The fourth-order valence-electron chi connectivity index (χ4n) is 3.28. The van der Waals surface area contributed by atoms with Crippen LogP contribution in [0.4, 0.5) is 4.79 Å². The van der Waals surface area contributed by atoms with Crippen LogP contribution in [0.25, 0.3) is 0 Å². The van der Waals surface area contributed by atoms with E-state index < -0.39 is 32.8 Å². The van der Waals surface area contributed by atoms with Crippen molar-refractivity contribution in [1.82, 2.24) is 15.3 Å². The van der Waals surface area contributed by atoms with Gasteiger partial charge in [0.1, 0.15) is 18.0 Å². The number of para-hydroxylation sites is 1. The van der Waals surface area contributed by atoms with Crippen LogP contribution in [0, 0.1) is 5.92 Å². The molecule has 5 unspecified atom stereocenters. The van der Waals surface area contributed by atoms with Crippen molar-refractivity contribution >= 4 is 26.9 Å². The molecule has 1 aliphatic rings. The molecule has 0 spiro atoms. The number of nitrogens with zero attached hydrogens (tertiary/aromatic N) is 1. The molecule has 1 fully saturated rings. The maximum absolute atomic E-state index is 12.3. The monoisotopic (exact) mass is 495 g/mol. The second kappa shape index (κ2) is 14.0. The molecule has 5 atom stereocenters. The molecule has 2 N–H and O–H groups in total. The number of hydrogen-bond donors (Lipinski definition) is 2. The van der Waals surface area contributed by atoms with E-state index in [0.717, 1.165) is 0 Å². The maximum atomic E-state index is 12.3. The molecule has 0 radical (unpaired) electrons. The number of ether oxygens (including phenoxy) is 2. The van der Waals surface area contributed by atoms with E-state index in [0.29, 0.717) is 18.6 Å². The van der Waals surface area contributed by atoms with Gasteiger partial charge in [-0.15, -0.1) is 0 Å². The van der Waals surface area contributed by atoms with Gasteiger partial charge < -0.3 is 18.5 Å². The van der Waals surface area contributed by atoms with Gasteiger partial charge >= 0.3 is 20.5 Å². The zero-order valence-electron chi connectivity index (χ0n) is 20.2. The van der Waals surface area contributed by atoms with Crippen molar-refractivity contribution in [1.29, 1.82) is 0 Å². The summed E-state index contributed by atoms with van der Waals surface area (Å²) in [5, 5.41) is 5.20. The van der Waals surface area contributed by atoms with E-state index in [-0.39, 0.29) is 24.7 Å². The lowest BCUT2D eigenvalue weighted by Gasteiger charge is -2.27. The molecule has 1 aliphatic heterocycles. The van der Waals surface area contributed by atoms with Crippen LogP contribution in [-0.4, -0.2) is 54.4 Å². The van der Waals surface area contributed by atoms with E-state index >= 15 is 0 Å². The molecule has 34 heavy (non-hydrogen) atoms. The maximum Gasteiger partial charge on any atom is 0.329 e. The van der Waals surface area contributed by atoms with Crippen LogP contribution in [0.15, 0.2) is 42.6 Å². The summed E-state index contributed by atoms with van der Waals surface area (Å²) in [5.74, 6) is 0.182. The van der Waals surface area contributed by atoms with Crippen molar-refractivity contribution in [2.75, 3.05) is 6.61 Å². The first-order valence-corrected chi connectivity index (χ1v) is 12.4. The molecule has 2 rings (SSSR count). The van der Waals surface area contributed by atoms with Crippen LogP contribution in [0.1, 0.15) is 41.0 Å². The molecule has 3 amide bonds. The number of rotatable bonds is 12. The van der Waals surface area contributed by atoms with E-state index in [9.17, 15) is 14.4 Å². The Morgan fingerprint density at radius 1 is 1.26 bits per heavy atom. The fraction of sp³-hybridized carbons (Fsp3) is 0.522. The highest BCUT2D eigenvalue weighted by molar-refractivity contribution is 7.45. The number of nitrogens with one attached hydrogen (secondary N) is 2. The summed E-state index contributed by atoms with van der Waals surface area (Å²) in [7, 11) is -1.70. The fourth-order valence-corrected chi connectivity index (χ4v) is 4.50. The number of benzene rings is 1. The Balaban J connectivity index is 2.03. The SMILES string of the molecule is C/C=C\N(C(=O)NC=O)C1OC(COP(NC(C)C(=O)OC(C)C)Oc2ccccc2)CC1C. The van der Waals surface area contributed by atoms with Gasteiger partial charge in [-0.25, -0.2) is 9.88 Å². The molecule has 188 valence electrons. The Morgan fingerprint density at radius 3 is 2.59 bits per heavy atom. The topological polar surface area (TPSA) is 115 Å². The Bertz CT molecular complexity index is 824. The first kappa shape index (κ1) is 27.7. The molecule has 1 aromatic rings. The minimum absolute atomic E-state index is 0.00336. The quantitative estimate of drug-likeness (QED) is 0.256. The summed E-state index contributed by atoms with van der Waals surface area (Å²) in [4.78, 5) is 36.6. The van der Waals surface area contributed by atoms with Gasteiger partial charge in [-0.1, -0.05) is 31.2 Å². The summed E-state index contributed by atoms with van der Waals surface area (Å²) >= 11 is 0. The first-order valence-electron chi connectivity index (χ1n) is 11.2.